The number of rotatable bonds is 3. The molecule has 0 radical (unpaired) electrons. The SMILES string of the molecule is CC(SC1CCCC1)c1ccc(N)cc1. The highest BCUT2D eigenvalue weighted by molar-refractivity contribution is 8.00. The molecular weight excluding hydrogens is 202 g/mol. The third-order valence-corrected chi connectivity index (χ3v) is 4.64. The van der Waals surface area contributed by atoms with E-state index in [2.05, 4.69) is 30.8 Å². The standard InChI is InChI=1S/C13H19NS/c1-10(15-13-4-2-3-5-13)11-6-8-12(14)9-7-11/h6-10,13H,2-5,14H2,1H3. The van der Waals surface area contributed by atoms with Crippen molar-refractivity contribution in [1.29, 1.82) is 0 Å². The van der Waals surface area contributed by atoms with Crippen molar-refractivity contribution >= 4 is 17.4 Å². The molecule has 0 saturated heterocycles. The van der Waals surface area contributed by atoms with Gasteiger partial charge in [-0.05, 0) is 37.5 Å². The lowest BCUT2D eigenvalue weighted by Gasteiger charge is -2.16. The Labute approximate surface area is 96.4 Å². The van der Waals surface area contributed by atoms with Crippen molar-refractivity contribution in [1.82, 2.24) is 0 Å². The average molecular weight is 221 g/mol. The highest BCUT2D eigenvalue weighted by atomic mass is 32.2. The molecule has 0 amide bonds. The Kier molecular flexibility index (Phi) is 3.57. The quantitative estimate of drug-likeness (QED) is 0.781. The maximum Gasteiger partial charge on any atom is 0.0314 e. The van der Waals surface area contributed by atoms with Crippen molar-refractivity contribution in [2.24, 2.45) is 0 Å². The first-order valence-electron chi connectivity index (χ1n) is 5.76. The van der Waals surface area contributed by atoms with E-state index < -0.39 is 0 Å². The summed E-state index contributed by atoms with van der Waals surface area (Å²) in [5.41, 5.74) is 7.95. The third kappa shape index (κ3) is 2.91. The van der Waals surface area contributed by atoms with Crippen LogP contribution in [0, 0.1) is 0 Å². The predicted octanol–water partition coefficient (Wildman–Crippen LogP) is 4.01. The van der Waals surface area contributed by atoms with Gasteiger partial charge in [0.05, 0.1) is 0 Å². The largest absolute Gasteiger partial charge is 0.399 e. The topological polar surface area (TPSA) is 26.0 Å². The average Bonchev–Trinajstić information content (AvgIpc) is 2.71. The Bertz CT molecular complexity index is 301. The van der Waals surface area contributed by atoms with Crippen LogP contribution in [0.25, 0.3) is 0 Å². The van der Waals surface area contributed by atoms with Crippen molar-refractivity contribution in [3.05, 3.63) is 29.8 Å². The summed E-state index contributed by atoms with van der Waals surface area (Å²) in [5.74, 6) is 0. The first kappa shape index (κ1) is 10.9. The second-order valence-electron chi connectivity index (χ2n) is 4.35. The van der Waals surface area contributed by atoms with Gasteiger partial charge in [-0.25, -0.2) is 0 Å². The van der Waals surface area contributed by atoms with E-state index in [-0.39, 0.29) is 0 Å². The maximum absolute atomic E-state index is 5.68. The molecule has 1 fully saturated rings. The molecule has 15 heavy (non-hydrogen) atoms. The fourth-order valence-electron chi connectivity index (χ4n) is 2.16. The van der Waals surface area contributed by atoms with Crippen LogP contribution in [0.4, 0.5) is 5.69 Å². The smallest absolute Gasteiger partial charge is 0.0314 e. The molecule has 0 aromatic heterocycles. The summed E-state index contributed by atoms with van der Waals surface area (Å²) >= 11 is 2.13. The summed E-state index contributed by atoms with van der Waals surface area (Å²) in [4.78, 5) is 0. The van der Waals surface area contributed by atoms with Gasteiger partial charge in [0.1, 0.15) is 0 Å². The lowest BCUT2D eigenvalue weighted by Crippen LogP contribution is -1.99. The third-order valence-electron chi connectivity index (χ3n) is 3.10. The van der Waals surface area contributed by atoms with Gasteiger partial charge in [0.15, 0.2) is 0 Å². The molecule has 1 nitrogen and oxygen atoms in total. The fraction of sp³-hybridized carbons (Fsp3) is 0.538. The molecule has 1 aromatic rings. The van der Waals surface area contributed by atoms with Gasteiger partial charge in [0, 0.05) is 16.2 Å². The number of benzene rings is 1. The molecule has 0 spiro atoms. The van der Waals surface area contributed by atoms with Gasteiger partial charge in [-0.2, -0.15) is 11.8 Å². The number of hydrogen-bond acceptors (Lipinski definition) is 2. The van der Waals surface area contributed by atoms with Gasteiger partial charge in [0.25, 0.3) is 0 Å². The summed E-state index contributed by atoms with van der Waals surface area (Å²) < 4.78 is 0. The highest BCUT2D eigenvalue weighted by Gasteiger charge is 2.18. The monoisotopic (exact) mass is 221 g/mol. The molecule has 2 N–H and O–H groups in total. The molecule has 1 unspecified atom stereocenters. The fourth-order valence-corrected chi connectivity index (χ4v) is 3.66. The Hall–Kier alpha value is -0.630. The zero-order valence-corrected chi connectivity index (χ0v) is 10.1. The van der Waals surface area contributed by atoms with E-state index in [9.17, 15) is 0 Å². The first-order chi connectivity index (χ1) is 7.25. The molecule has 1 aliphatic rings. The molecule has 1 aromatic carbocycles. The molecule has 2 rings (SSSR count). The van der Waals surface area contributed by atoms with Crippen molar-refractivity contribution < 1.29 is 0 Å². The molecule has 0 aliphatic heterocycles. The minimum atomic E-state index is 0.605. The van der Waals surface area contributed by atoms with Gasteiger partial charge in [-0.15, -0.1) is 0 Å². The normalized spacial score (nSPS) is 19.3. The summed E-state index contributed by atoms with van der Waals surface area (Å²) in [7, 11) is 0. The molecule has 0 bridgehead atoms. The van der Waals surface area contributed by atoms with Crippen LogP contribution in [0.2, 0.25) is 0 Å². The van der Waals surface area contributed by atoms with E-state index in [1.165, 1.54) is 31.2 Å². The van der Waals surface area contributed by atoms with E-state index in [0.717, 1.165) is 10.9 Å². The van der Waals surface area contributed by atoms with Crippen LogP contribution in [-0.2, 0) is 0 Å². The van der Waals surface area contributed by atoms with E-state index in [1.807, 2.05) is 12.1 Å². The number of nitrogen functional groups attached to an aromatic ring is 1. The van der Waals surface area contributed by atoms with Crippen LogP contribution < -0.4 is 5.73 Å². The number of thioether (sulfide) groups is 1. The van der Waals surface area contributed by atoms with E-state index in [4.69, 9.17) is 5.73 Å². The first-order valence-corrected chi connectivity index (χ1v) is 6.71. The van der Waals surface area contributed by atoms with Crippen molar-refractivity contribution in [2.75, 3.05) is 5.73 Å². The minimum Gasteiger partial charge on any atom is -0.399 e. The summed E-state index contributed by atoms with van der Waals surface area (Å²) in [6.07, 6.45) is 5.66. The van der Waals surface area contributed by atoms with Crippen LogP contribution in [0.5, 0.6) is 0 Å². The Morgan fingerprint density at radius 2 is 1.80 bits per heavy atom. The molecule has 2 heteroatoms. The summed E-state index contributed by atoms with van der Waals surface area (Å²) in [6.45, 7) is 2.30. The second-order valence-corrected chi connectivity index (χ2v) is 6.00. The zero-order valence-electron chi connectivity index (χ0n) is 9.28. The van der Waals surface area contributed by atoms with Gasteiger partial charge < -0.3 is 5.73 Å². The predicted molar refractivity (Wildman–Crippen MR) is 69.1 cm³/mol. The number of hydrogen-bond donors (Lipinski definition) is 1. The van der Waals surface area contributed by atoms with Gasteiger partial charge in [-0.1, -0.05) is 25.0 Å². The van der Waals surface area contributed by atoms with Crippen LogP contribution in [0.1, 0.15) is 43.4 Å². The zero-order chi connectivity index (χ0) is 10.7. The van der Waals surface area contributed by atoms with Gasteiger partial charge in [0.2, 0.25) is 0 Å². The van der Waals surface area contributed by atoms with Crippen molar-refractivity contribution in [3.8, 4) is 0 Å². The number of nitrogens with two attached hydrogens (primary N) is 1. The second kappa shape index (κ2) is 4.93. The van der Waals surface area contributed by atoms with Gasteiger partial charge in [-0.3, -0.25) is 0 Å². The molecule has 1 aliphatic carbocycles. The van der Waals surface area contributed by atoms with E-state index >= 15 is 0 Å². The Balaban J connectivity index is 1.94. The van der Waals surface area contributed by atoms with Crippen molar-refractivity contribution in [2.45, 2.75) is 43.1 Å². The highest BCUT2D eigenvalue weighted by Crippen LogP contribution is 2.39. The summed E-state index contributed by atoms with van der Waals surface area (Å²) in [5, 5.41) is 1.49. The van der Waals surface area contributed by atoms with Crippen LogP contribution >= 0.6 is 11.8 Å². The Morgan fingerprint density at radius 3 is 2.40 bits per heavy atom. The maximum atomic E-state index is 5.68. The Morgan fingerprint density at radius 1 is 1.20 bits per heavy atom. The molecular formula is C13H19NS. The lowest BCUT2D eigenvalue weighted by molar-refractivity contribution is 0.886. The number of anilines is 1. The van der Waals surface area contributed by atoms with Crippen molar-refractivity contribution in [3.63, 3.8) is 0 Å². The van der Waals surface area contributed by atoms with Crippen LogP contribution in [0.3, 0.4) is 0 Å². The van der Waals surface area contributed by atoms with E-state index in [0.29, 0.717) is 5.25 Å². The molecule has 1 atom stereocenters. The lowest BCUT2D eigenvalue weighted by atomic mass is 10.1. The molecule has 82 valence electrons. The molecule has 0 heterocycles. The minimum absolute atomic E-state index is 0.605. The summed E-state index contributed by atoms with van der Waals surface area (Å²) in [6, 6.07) is 8.31. The van der Waals surface area contributed by atoms with E-state index in [1.54, 1.807) is 0 Å². The molecule has 1 saturated carbocycles. The van der Waals surface area contributed by atoms with Crippen LogP contribution in [0.15, 0.2) is 24.3 Å². The van der Waals surface area contributed by atoms with Gasteiger partial charge >= 0.3 is 0 Å². The van der Waals surface area contributed by atoms with Crippen LogP contribution in [-0.4, -0.2) is 5.25 Å².